The number of hydrogen-bond acceptors (Lipinski definition) is 4. The molecule has 5 nitrogen and oxygen atoms in total. The molecule has 1 saturated heterocycles. The lowest BCUT2D eigenvalue weighted by Gasteiger charge is -2.24. The molecule has 1 fully saturated rings. The minimum Gasteiger partial charge on any atom is -0.382 e. The Morgan fingerprint density at radius 2 is 1.58 bits per heavy atom. The molecule has 0 bridgehead atoms. The van der Waals surface area contributed by atoms with Crippen LogP contribution in [0.25, 0.3) is 0 Å². The number of benzene rings is 2. The van der Waals surface area contributed by atoms with Crippen LogP contribution in [0.5, 0.6) is 0 Å². The van der Waals surface area contributed by atoms with Crippen LogP contribution in [0.15, 0.2) is 59.5 Å². The molecule has 2 aromatic rings. The third-order valence-corrected chi connectivity index (χ3v) is 4.67. The number of aryl methyl sites for hydroxylation is 1. The first-order chi connectivity index (χ1) is 11.4. The Morgan fingerprint density at radius 1 is 1.00 bits per heavy atom. The SMILES string of the molecule is Cc1ccc(S(=O)(=O)O)cc1.c1ccc(NC2CCNCC2)cc1. The number of rotatable bonds is 3. The number of nitrogens with one attached hydrogen (secondary N) is 2. The molecule has 1 heterocycles. The summed E-state index contributed by atoms with van der Waals surface area (Å²) in [4.78, 5) is -0.0666. The van der Waals surface area contributed by atoms with E-state index < -0.39 is 10.1 Å². The molecule has 0 aliphatic carbocycles. The highest BCUT2D eigenvalue weighted by Gasteiger charge is 2.11. The summed E-state index contributed by atoms with van der Waals surface area (Å²) in [5.41, 5.74) is 2.20. The van der Waals surface area contributed by atoms with Crippen LogP contribution < -0.4 is 10.6 Å². The quantitative estimate of drug-likeness (QED) is 0.743. The zero-order valence-corrected chi connectivity index (χ0v) is 14.6. The Bertz CT molecular complexity index is 710. The lowest BCUT2D eigenvalue weighted by molar-refractivity contribution is 0.479. The molecule has 0 radical (unpaired) electrons. The van der Waals surface area contributed by atoms with Crippen LogP contribution in [0.1, 0.15) is 18.4 Å². The van der Waals surface area contributed by atoms with Gasteiger partial charge in [-0.1, -0.05) is 35.9 Å². The van der Waals surface area contributed by atoms with Crippen molar-refractivity contribution in [3.8, 4) is 0 Å². The van der Waals surface area contributed by atoms with Crippen molar-refractivity contribution in [3.05, 3.63) is 60.2 Å². The highest BCUT2D eigenvalue weighted by Crippen LogP contribution is 2.12. The predicted molar refractivity (Wildman–Crippen MR) is 97.0 cm³/mol. The number of para-hydroxylation sites is 1. The molecular formula is C18H24N2O3S. The van der Waals surface area contributed by atoms with Gasteiger partial charge in [0.15, 0.2) is 0 Å². The zero-order valence-electron chi connectivity index (χ0n) is 13.8. The van der Waals surface area contributed by atoms with Crippen molar-refractivity contribution in [2.24, 2.45) is 0 Å². The Balaban J connectivity index is 0.000000177. The van der Waals surface area contributed by atoms with Gasteiger partial charge >= 0.3 is 0 Å². The molecule has 3 rings (SSSR count). The first kappa shape index (κ1) is 18.4. The van der Waals surface area contributed by atoms with Crippen molar-refractivity contribution in [1.29, 1.82) is 0 Å². The van der Waals surface area contributed by atoms with Crippen LogP contribution in [-0.2, 0) is 10.1 Å². The summed E-state index contributed by atoms with van der Waals surface area (Å²) in [6.45, 7) is 4.13. The van der Waals surface area contributed by atoms with Gasteiger partial charge in [0.1, 0.15) is 0 Å². The van der Waals surface area contributed by atoms with E-state index >= 15 is 0 Å². The molecule has 0 spiro atoms. The molecule has 24 heavy (non-hydrogen) atoms. The lowest BCUT2D eigenvalue weighted by atomic mass is 10.1. The standard InChI is InChI=1S/C11H16N2.C7H8O3S/c1-2-4-10(5-3-1)13-11-6-8-12-9-7-11;1-6-2-4-7(5-3-6)11(8,9)10/h1-5,11-13H,6-9H2;2-5H,1H3,(H,8,9,10). The molecule has 0 saturated carbocycles. The van der Waals surface area contributed by atoms with Gasteiger partial charge in [-0.25, -0.2) is 0 Å². The third kappa shape index (κ3) is 6.31. The van der Waals surface area contributed by atoms with E-state index in [0.29, 0.717) is 6.04 Å². The largest absolute Gasteiger partial charge is 0.382 e. The van der Waals surface area contributed by atoms with Crippen molar-refractivity contribution < 1.29 is 13.0 Å². The lowest BCUT2D eigenvalue weighted by Crippen LogP contribution is -2.35. The summed E-state index contributed by atoms with van der Waals surface area (Å²) < 4.78 is 29.6. The summed E-state index contributed by atoms with van der Waals surface area (Å²) in [7, 11) is -4.02. The zero-order chi connectivity index (χ0) is 17.4. The number of piperidine rings is 1. The maximum Gasteiger partial charge on any atom is 0.294 e. The van der Waals surface area contributed by atoms with Crippen molar-refractivity contribution in [1.82, 2.24) is 5.32 Å². The maximum atomic E-state index is 10.5. The molecule has 3 N–H and O–H groups in total. The van der Waals surface area contributed by atoms with Crippen molar-refractivity contribution >= 4 is 15.8 Å². The topological polar surface area (TPSA) is 78.4 Å². The van der Waals surface area contributed by atoms with E-state index in [0.717, 1.165) is 18.7 Å². The van der Waals surface area contributed by atoms with Crippen LogP contribution >= 0.6 is 0 Å². The molecule has 0 unspecified atom stereocenters. The van der Waals surface area contributed by atoms with Crippen LogP contribution in [0.4, 0.5) is 5.69 Å². The number of anilines is 1. The second-order valence-electron chi connectivity index (χ2n) is 5.82. The highest BCUT2D eigenvalue weighted by molar-refractivity contribution is 7.85. The molecule has 1 aliphatic heterocycles. The van der Waals surface area contributed by atoms with Gasteiger partial charge in [0, 0.05) is 11.7 Å². The molecule has 2 aromatic carbocycles. The monoisotopic (exact) mass is 348 g/mol. The van der Waals surface area contributed by atoms with E-state index in [1.54, 1.807) is 12.1 Å². The smallest absolute Gasteiger partial charge is 0.294 e. The summed E-state index contributed by atoms with van der Waals surface area (Å²) in [5.74, 6) is 0. The summed E-state index contributed by atoms with van der Waals surface area (Å²) in [6, 6.07) is 17.1. The van der Waals surface area contributed by atoms with E-state index in [1.807, 2.05) is 13.0 Å². The van der Waals surface area contributed by atoms with E-state index in [9.17, 15) is 8.42 Å². The van der Waals surface area contributed by atoms with E-state index in [-0.39, 0.29) is 4.90 Å². The average Bonchev–Trinajstić information content (AvgIpc) is 2.57. The van der Waals surface area contributed by atoms with E-state index in [4.69, 9.17) is 4.55 Å². The van der Waals surface area contributed by atoms with Crippen molar-refractivity contribution in [2.45, 2.75) is 30.7 Å². The van der Waals surface area contributed by atoms with Crippen LogP contribution in [-0.4, -0.2) is 32.1 Å². The van der Waals surface area contributed by atoms with Gasteiger partial charge in [0.05, 0.1) is 4.90 Å². The highest BCUT2D eigenvalue weighted by atomic mass is 32.2. The van der Waals surface area contributed by atoms with Gasteiger partial charge in [-0.15, -0.1) is 0 Å². The Morgan fingerprint density at radius 3 is 2.12 bits per heavy atom. The second kappa shape index (κ2) is 8.82. The molecule has 0 atom stereocenters. The Labute approximate surface area is 143 Å². The Kier molecular flexibility index (Phi) is 6.78. The van der Waals surface area contributed by atoms with Crippen molar-refractivity contribution in [3.63, 3.8) is 0 Å². The summed E-state index contributed by atoms with van der Waals surface area (Å²) in [6.07, 6.45) is 2.46. The van der Waals surface area contributed by atoms with Gasteiger partial charge in [0.2, 0.25) is 0 Å². The normalized spacial score (nSPS) is 15.2. The first-order valence-corrected chi connectivity index (χ1v) is 9.45. The minimum absolute atomic E-state index is 0.0666. The van der Waals surface area contributed by atoms with Crippen LogP contribution in [0.2, 0.25) is 0 Å². The maximum absolute atomic E-state index is 10.5. The predicted octanol–water partition coefficient (Wildman–Crippen LogP) is 3.09. The molecule has 0 aromatic heterocycles. The molecule has 1 aliphatic rings. The van der Waals surface area contributed by atoms with Crippen LogP contribution in [0.3, 0.4) is 0 Å². The summed E-state index contributed by atoms with van der Waals surface area (Å²) in [5, 5.41) is 6.90. The third-order valence-electron chi connectivity index (χ3n) is 3.80. The molecular weight excluding hydrogens is 324 g/mol. The Hall–Kier alpha value is -1.89. The summed E-state index contributed by atoms with van der Waals surface area (Å²) >= 11 is 0. The minimum atomic E-state index is -4.02. The average molecular weight is 348 g/mol. The van der Waals surface area contributed by atoms with Gasteiger partial charge in [0.25, 0.3) is 10.1 Å². The first-order valence-electron chi connectivity index (χ1n) is 8.01. The van der Waals surface area contributed by atoms with E-state index in [1.165, 1.54) is 30.7 Å². The van der Waals surface area contributed by atoms with Gasteiger partial charge in [-0.05, 0) is 57.1 Å². The number of hydrogen-bond donors (Lipinski definition) is 3. The fourth-order valence-electron chi connectivity index (χ4n) is 2.45. The van der Waals surface area contributed by atoms with Crippen LogP contribution in [0, 0.1) is 6.92 Å². The fraction of sp³-hybridized carbons (Fsp3) is 0.333. The van der Waals surface area contributed by atoms with Gasteiger partial charge in [-0.2, -0.15) is 8.42 Å². The molecule has 6 heteroatoms. The van der Waals surface area contributed by atoms with Gasteiger partial charge in [-0.3, -0.25) is 4.55 Å². The van der Waals surface area contributed by atoms with Crippen molar-refractivity contribution in [2.75, 3.05) is 18.4 Å². The molecule has 130 valence electrons. The molecule has 0 amide bonds. The van der Waals surface area contributed by atoms with Gasteiger partial charge < -0.3 is 10.6 Å². The fourth-order valence-corrected chi connectivity index (χ4v) is 2.93. The second-order valence-corrected chi connectivity index (χ2v) is 7.24. The van der Waals surface area contributed by atoms with E-state index in [2.05, 4.69) is 34.9 Å².